The van der Waals surface area contributed by atoms with E-state index >= 15 is 0 Å². The van der Waals surface area contributed by atoms with Gasteiger partial charge in [0.1, 0.15) is 16.8 Å². The Labute approximate surface area is 258 Å². The summed E-state index contributed by atoms with van der Waals surface area (Å²) in [7, 11) is 1.79. The highest BCUT2D eigenvalue weighted by Gasteiger charge is 2.54. The van der Waals surface area contributed by atoms with Crippen LogP contribution in [0.1, 0.15) is 22.8 Å². The van der Waals surface area contributed by atoms with Crippen LogP contribution in [0.4, 0.5) is 5.82 Å². The summed E-state index contributed by atoms with van der Waals surface area (Å²) in [5, 5.41) is 12.4. The zero-order chi connectivity index (χ0) is 30.6. The Morgan fingerprint density at radius 2 is 1.73 bits per heavy atom. The lowest BCUT2D eigenvalue weighted by atomic mass is 10.0. The Morgan fingerprint density at radius 3 is 2.39 bits per heavy atom. The van der Waals surface area contributed by atoms with E-state index in [2.05, 4.69) is 10.3 Å². The van der Waals surface area contributed by atoms with Gasteiger partial charge in [-0.3, -0.25) is 19.5 Å². The first kappa shape index (κ1) is 28.9. The van der Waals surface area contributed by atoms with Gasteiger partial charge in [0, 0.05) is 23.1 Å². The average molecular weight is 609 g/mol. The average Bonchev–Trinajstić information content (AvgIpc) is 3.39. The van der Waals surface area contributed by atoms with Gasteiger partial charge in [-0.25, -0.2) is 4.79 Å². The molecule has 11 heteroatoms. The Hall–Kier alpha value is -5.16. The van der Waals surface area contributed by atoms with Gasteiger partial charge in [0.15, 0.2) is 30.7 Å². The van der Waals surface area contributed by atoms with Crippen LogP contribution in [0.2, 0.25) is 0 Å². The number of para-hydroxylation sites is 1. The van der Waals surface area contributed by atoms with E-state index in [0.29, 0.717) is 29.1 Å². The van der Waals surface area contributed by atoms with Crippen LogP contribution in [0.5, 0.6) is 5.75 Å². The first-order valence-electron chi connectivity index (χ1n) is 14.0. The summed E-state index contributed by atoms with van der Waals surface area (Å²) in [6.45, 7) is 0.290. The number of phenolic OH excluding ortho intramolecular Hbond substituents is 1. The second-order valence-electron chi connectivity index (χ2n) is 10.3. The molecular formula is C33H30N5O5S+. The summed E-state index contributed by atoms with van der Waals surface area (Å²) < 4.78 is 9.84. The van der Waals surface area contributed by atoms with Crippen molar-refractivity contribution in [1.82, 2.24) is 9.58 Å². The standard InChI is InChI=1S/C33H29N5O5S/c1-36-27(35-21-39)16-17-37(36)19-25-20-44-32-28(34-18-24-14-8-9-15-26(24)40)31(41)38(32)29(25)33(42)43-30(22-10-4-2-5-11-22)23-12-6-3-7-13-23/h2-18,21,28,30,32H,19-20H2,1H3,(H,34,40)/p+1/t28-,32-/m1/s1. The number of carbonyl (C=O) groups excluding carboxylic acids is 3. The molecule has 1 saturated heterocycles. The SMILES string of the molecule is Cn1c(NC=O)cc[n+]1CC1=C(C(=O)OC(c2ccccc2)c2ccccc2)N2C(=O)[C@@H](N=Cc3ccccc3O)[C@H]2SC1. The van der Waals surface area contributed by atoms with Crippen LogP contribution in [0.15, 0.2) is 113 Å². The predicted molar refractivity (Wildman–Crippen MR) is 166 cm³/mol. The van der Waals surface area contributed by atoms with Gasteiger partial charge in [-0.2, -0.15) is 0 Å². The summed E-state index contributed by atoms with van der Waals surface area (Å²) in [4.78, 5) is 44.8. The van der Waals surface area contributed by atoms with Crippen LogP contribution in [0.3, 0.4) is 0 Å². The van der Waals surface area contributed by atoms with Crippen LogP contribution >= 0.6 is 11.8 Å². The third kappa shape index (κ3) is 5.61. The number of carbonyl (C=O) groups is 3. The lowest BCUT2D eigenvalue weighted by Crippen LogP contribution is -2.64. The molecular weight excluding hydrogens is 578 g/mol. The molecule has 2 aliphatic rings. The number of fused-ring (bicyclic) bond motifs is 1. The molecule has 2 atom stereocenters. The van der Waals surface area contributed by atoms with Crippen molar-refractivity contribution < 1.29 is 28.9 Å². The predicted octanol–water partition coefficient (Wildman–Crippen LogP) is 3.58. The Bertz CT molecular complexity index is 1720. The molecule has 0 unspecified atom stereocenters. The number of aromatic hydroxyl groups is 1. The van der Waals surface area contributed by atoms with Gasteiger partial charge >= 0.3 is 5.97 Å². The number of benzene rings is 3. The molecule has 3 aromatic carbocycles. The zero-order valence-corrected chi connectivity index (χ0v) is 24.6. The molecule has 1 fully saturated rings. The van der Waals surface area contributed by atoms with Gasteiger partial charge in [0.2, 0.25) is 6.41 Å². The molecule has 2 amide bonds. The van der Waals surface area contributed by atoms with E-state index in [0.717, 1.165) is 11.1 Å². The molecule has 3 heterocycles. The maximum Gasteiger partial charge on any atom is 0.356 e. The van der Waals surface area contributed by atoms with E-state index in [1.54, 1.807) is 48.3 Å². The summed E-state index contributed by atoms with van der Waals surface area (Å²) in [6.07, 6.45) is 3.20. The molecule has 0 radical (unpaired) electrons. The number of thioether (sulfide) groups is 1. The van der Waals surface area contributed by atoms with Crippen LogP contribution in [0, 0.1) is 0 Å². The van der Waals surface area contributed by atoms with E-state index in [1.165, 1.54) is 22.9 Å². The lowest BCUT2D eigenvalue weighted by Gasteiger charge is -2.47. The summed E-state index contributed by atoms with van der Waals surface area (Å²) in [5.41, 5.74) is 3.01. The fraction of sp³-hybridized carbons (Fsp3) is 0.182. The minimum Gasteiger partial charge on any atom is -0.507 e. The molecule has 0 bridgehead atoms. The minimum atomic E-state index is -0.714. The first-order valence-corrected chi connectivity index (χ1v) is 15.1. The maximum absolute atomic E-state index is 14.2. The summed E-state index contributed by atoms with van der Waals surface area (Å²) >= 11 is 1.52. The molecule has 44 heavy (non-hydrogen) atoms. The van der Waals surface area contributed by atoms with Gasteiger partial charge < -0.3 is 15.2 Å². The third-order valence-corrected chi connectivity index (χ3v) is 8.98. The minimum absolute atomic E-state index is 0.0681. The highest BCUT2D eigenvalue weighted by atomic mass is 32.2. The molecule has 2 N–H and O–H groups in total. The molecule has 0 saturated carbocycles. The van der Waals surface area contributed by atoms with Crippen LogP contribution in [0.25, 0.3) is 0 Å². The van der Waals surface area contributed by atoms with E-state index in [1.807, 2.05) is 65.3 Å². The second kappa shape index (κ2) is 12.6. The van der Waals surface area contributed by atoms with Gasteiger partial charge in [-0.05, 0) is 23.3 Å². The third-order valence-electron chi connectivity index (χ3n) is 7.65. The van der Waals surface area contributed by atoms with Crippen LogP contribution in [-0.2, 0) is 32.7 Å². The fourth-order valence-electron chi connectivity index (χ4n) is 5.34. The Morgan fingerprint density at radius 1 is 1.07 bits per heavy atom. The highest BCUT2D eigenvalue weighted by Crippen LogP contribution is 2.43. The van der Waals surface area contributed by atoms with Crippen molar-refractivity contribution >= 4 is 42.1 Å². The molecule has 10 nitrogen and oxygen atoms in total. The van der Waals surface area contributed by atoms with E-state index in [9.17, 15) is 19.5 Å². The smallest absolute Gasteiger partial charge is 0.356 e. The van der Waals surface area contributed by atoms with Gasteiger partial charge in [0.05, 0.1) is 13.1 Å². The van der Waals surface area contributed by atoms with Gasteiger partial charge in [-0.15, -0.1) is 21.1 Å². The van der Waals surface area contributed by atoms with Gasteiger partial charge in [0.25, 0.3) is 5.91 Å². The summed E-state index contributed by atoms with van der Waals surface area (Å²) in [6, 6.07) is 26.8. The van der Waals surface area contributed by atoms with Crippen LogP contribution in [-0.4, -0.2) is 56.4 Å². The van der Waals surface area contributed by atoms with E-state index in [-0.39, 0.29) is 23.9 Å². The maximum atomic E-state index is 14.2. The number of rotatable bonds is 10. The molecule has 4 aromatic rings. The number of esters is 1. The van der Waals surface area contributed by atoms with E-state index in [4.69, 9.17) is 4.74 Å². The number of hydrogen-bond donors (Lipinski definition) is 2. The van der Waals surface area contributed by atoms with Gasteiger partial charge in [-0.1, -0.05) is 72.8 Å². The molecule has 0 spiro atoms. The number of nitrogens with one attached hydrogen (secondary N) is 1. The quantitative estimate of drug-likeness (QED) is 0.0935. The zero-order valence-electron chi connectivity index (χ0n) is 23.8. The summed E-state index contributed by atoms with van der Waals surface area (Å²) in [5.74, 6) is 0.170. The Kier molecular flexibility index (Phi) is 8.29. The second-order valence-corrected chi connectivity index (χ2v) is 11.4. The molecule has 6 rings (SSSR count). The largest absolute Gasteiger partial charge is 0.507 e. The van der Waals surface area contributed by atoms with Crippen LogP contribution < -0.4 is 10.00 Å². The molecule has 222 valence electrons. The van der Waals surface area contributed by atoms with Crippen molar-refractivity contribution in [1.29, 1.82) is 0 Å². The topological polar surface area (TPSA) is 117 Å². The van der Waals surface area contributed by atoms with Crippen molar-refractivity contribution in [3.63, 3.8) is 0 Å². The highest BCUT2D eigenvalue weighted by molar-refractivity contribution is 8.00. The lowest BCUT2D eigenvalue weighted by molar-refractivity contribution is -0.765. The number of phenols is 1. The molecule has 1 aromatic heterocycles. The number of anilines is 1. The number of aliphatic imine (C=N–C) groups is 1. The number of ether oxygens (including phenoxy) is 1. The molecule has 0 aliphatic carbocycles. The van der Waals surface area contributed by atoms with Crippen molar-refractivity contribution in [3.05, 3.63) is 125 Å². The number of nitrogens with zero attached hydrogens (tertiary/aromatic N) is 4. The molecule has 2 aliphatic heterocycles. The Balaban J connectivity index is 1.35. The number of β-lactam (4-membered cyclic amide) rings is 1. The monoisotopic (exact) mass is 608 g/mol. The van der Waals surface area contributed by atoms with Crippen molar-refractivity contribution in [3.8, 4) is 5.75 Å². The normalized spacial score (nSPS) is 17.9. The number of amides is 2. The van der Waals surface area contributed by atoms with E-state index < -0.39 is 23.5 Å². The van der Waals surface area contributed by atoms with Crippen molar-refractivity contribution in [2.24, 2.45) is 12.0 Å². The van der Waals surface area contributed by atoms with Crippen molar-refractivity contribution in [2.45, 2.75) is 24.1 Å². The fourth-order valence-corrected chi connectivity index (χ4v) is 6.67. The first-order chi connectivity index (χ1) is 21.5. The number of aromatic nitrogens is 2. The van der Waals surface area contributed by atoms with Crippen molar-refractivity contribution in [2.75, 3.05) is 11.1 Å². The number of hydrogen-bond acceptors (Lipinski definition) is 7.